The van der Waals surface area contributed by atoms with E-state index < -0.39 is 0 Å². The first kappa shape index (κ1) is 15.9. The Hall–Kier alpha value is -2.30. The zero-order chi connectivity index (χ0) is 17.7. The number of hydrogen-bond acceptors (Lipinski definition) is 2. The van der Waals surface area contributed by atoms with Crippen molar-refractivity contribution in [2.24, 2.45) is 11.7 Å². The summed E-state index contributed by atoms with van der Waals surface area (Å²) < 4.78 is 2.26. The third-order valence-electron chi connectivity index (χ3n) is 6.19. The minimum atomic E-state index is -0.316. The summed E-state index contributed by atoms with van der Waals surface area (Å²) in [6.45, 7) is 2.41. The van der Waals surface area contributed by atoms with Gasteiger partial charge in [-0.25, -0.2) is 4.79 Å². The van der Waals surface area contributed by atoms with Crippen molar-refractivity contribution in [2.45, 2.75) is 50.0 Å². The van der Waals surface area contributed by atoms with E-state index in [1.54, 1.807) is 4.90 Å². The first-order valence-electron chi connectivity index (χ1n) is 9.86. The number of hydrogen-bond donors (Lipinski definition) is 1. The predicted molar refractivity (Wildman–Crippen MR) is 100 cm³/mol. The van der Waals surface area contributed by atoms with Gasteiger partial charge in [0, 0.05) is 43.1 Å². The minimum Gasteiger partial charge on any atom is -0.351 e. The standard InChI is InChI=1S/C21H26N4O/c22-21(26)24-12-17(15-4-2-1-3-5-15)18(13-24)20-10-19(16-8-9-16)23-25(20)11-14-6-7-14/h1-5,10,14,16-18H,6-9,11-13H2,(H2,22,26). The highest BCUT2D eigenvalue weighted by Crippen LogP contribution is 2.44. The molecule has 0 bridgehead atoms. The molecular weight excluding hydrogens is 324 g/mol. The van der Waals surface area contributed by atoms with E-state index in [4.69, 9.17) is 10.8 Å². The van der Waals surface area contributed by atoms with E-state index in [0.29, 0.717) is 19.0 Å². The highest BCUT2D eigenvalue weighted by molar-refractivity contribution is 5.72. The molecule has 1 aromatic heterocycles. The largest absolute Gasteiger partial charge is 0.351 e. The normalized spacial score (nSPS) is 25.6. The summed E-state index contributed by atoms with van der Waals surface area (Å²) in [5.41, 5.74) is 9.48. The van der Waals surface area contributed by atoms with Crippen LogP contribution in [0, 0.1) is 5.92 Å². The molecule has 5 rings (SSSR count). The van der Waals surface area contributed by atoms with Crippen molar-refractivity contribution in [3.8, 4) is 0 Å². The van der Waals surface area contributed by atoms with Crippen molar-refractivity contribution >= 4 is 6.03 Å². The fraction of sp³-hybridized carbons (Fsp3) is 0.524. The number of aromatic nitrogens is 2. The molecule has 136 valence electrons. The second-order valence-electron chi connectivity index (χ2n) is 8.26. The maximum Gasteiger partial charge on any atom is 0.314 e. The summed E-state index contributed by atoms with van der Waals surface area (Å²) in [7, 11) is 0. The number of benzene rings is 1. The Morgan fingerprint density at radius 3 is 2.46 bits per heavy atom. The predicted octanol–water partition coefficient (Wildman–Crippen LogP) is 3.43. The highest BCUT2D eigenvalue weighted by Gasteiger charge is 2.40. The number of carbonyl (C=O) groups is 1. The number of primary amides is 1. The Kier molecular flexibility index (Phi) is 3.76. The van der Waals surface area contributed by atoms with Gasteiger partial charge < -0.3 is 10.6 Å². The molecule has 2 unspecified atom stereocenters. The molecule has 1 saturated heterocycles. The van der Waals surface area contributed by atoms with Crippen LogP contribution in [-0.2, 0) is 6.54 Å². The van der Waals surface area contributed by atoms with E-state index in [0.717, 1.165) is 12.5 Å². The lowest BCUT2D eigenvalue weighted by Gasteiger charge is -2.20. The molecule has 2 saturated carbocycles. The zero-order valence-corrected chi connectivity index (χ0v) is 15.1. The van der Waals surface area contributed by atoms with Crippen LogP contribution >= 0.6 is 0 Å². The summed E-state index contributed by atoms with van der Waals surface area (Å²) in [5, 5.41) is 4.98. The van der Waals surface area contributed by atoms with Crippen molar-refractivity contribution in [1.82, 2.24) is 14.7 Å². The van der Waals surface area contributed by atoms with Crippen LogP contribution in [0.3, 0.4) is 0 Å². The molecule has 0 radical (unpaired) electrons. The Balaban J connectivity index is 1.52. The van der Waals surface area contributed by atoms with Crippen LogP contribution < -0.4 is 5.73 Å². The Labute approximate surface area is 154 Å². The van der Waals surface area contributed by atoms with Gasteiger partial charge in [-0.3, -0.25) is 4.68 Å². The fourth-order valence-corrected chi connectivity index (χ4v) is 4.34. The molecule has 1 aromatic carbocycles. The second kappa shape index (κ2) is 6.15. The monoisotopic (exact) mass is 350 g/mol. The number of carbonyl (C=O) groups excluding carboxylic acids is 1. The topological polar surface area (TPSA) is 64.2 Å². The van der Waals surface area contributed by atoms with E-state index in [1.807, 2.05) is 6.07 Å². The summed E-state index contributed by atoms with van der Waals surface area (Å²) in [6, 6.07) is 12.6. The van der Waals surface area contributed by atoms with Gasteiger partial charge in [-0.05, 0) is 43.2 Å². The molecule has 5 nitrogen and oxygen atoms in total. The van der Waals surface area contributed by atoms with E-state index in [2.05, 4.69) is 35.0 Å². The van der Waals surface area contributed by atoms with E-state index in [1.165, 1.54) is 42.6 Å². The number of likely N-dealkylation sites (tertiary alicyclic amines) is 1. The number of nitrogens with zero attached hydrogens (tertiary/aromatic N) is 3. The van der Waals surface area contributed by atoms with Gasteiger partial charge in [0.1, 0.15) is 0 Å². The maximum atomic E-state index is 11.9. The van der Waals surface area contributed by atoms with Crippen LogP contribution in [0.15, 0.2) is 36.4 Å². The van der Waals surface area contributed by atoms with Crippen LogP contribution in [0.4, 0.5) is 4.79 Å². The van der Waals surface area contributed by atoms with E-state index in [9.17, 15) is 4.79 Å². The van der Waals surface area contributed by atoms with Crippen LogP contribution in [0.5, 0.6) is 0 Å². The molecule has 2 aromatic rings. The van der Waals surface area contributed by atoms with Crippen LogP contribution in [0.2, 0.25) is 0 Å². The van der Waals surface area contributed by atoms with Crippen LogP contribution in [0.1, 0.15) is 60.4 Å². The molecule has 0 spiro atoms. The Morgan fingerprint density at radius 1 is 1.08 bits per heavy atom. The molecule has 2 heterocycles. The highest BCUT2D eigenvalue weighted by atomic mass is 16.2. The number of amides is 2. The zero-order valence-electron chi connectivity index (χ0n) is 15.1. The molecule has 3 fully saturated rings. The van der Waals surface area contributed by atoms with Crippen LogP contribution in [-0.4, -0.2) is 33.8 Å². The lowest BCUT2D eigenvalue weighted by Crippen LogP contribution is -2.33. The summed E-state index contributed by atoms with van der Waals surface area (Å²) >= 11 is 0. The van der Waals surface area contributed by atoms with Crippen molar-refractivity contribution in [1.29, 1.82) is 0 Å². The summed E-state index contributed by atoms with van der Waals surface area (Å²) in [4.78, 5) is 13.7. The SMILES string of the molecule is NC(=O)N1CC(c2ccccc2)C(c2cc(C3CC3)nn2CC2CC2)C1. The van der Waals surface area contributed by atoms with Gasteiger partial charge in [0.15, 0.2) is 0 Å². The van der Waals surface area contributed by atoms with Gasteiger partial charge in [0.25, 0.3) is 0 Å². The summed E-state index contributed by atoms with van der Waals surface area (Å²) in [5.74, 6) is 1.98. The summed E-state index contributed by atoms with van der Waals surface area (Å²) in [6.07, 6.45) is 5.16. The molecule has 2 amide bonds. The van der Waals surface area contributed by atoms with Gasteiger partial charge in [-0.2, -0.15) is 5.10 Å². The minimum absolute atomic E-state index is 0.267. The molecule has 2 N–H and O–H groups in total. The maximum absolute atomic E-state index is 11.9. The number of rotatable bonds is 5. The van der Waals surface area contributed by atoms with E-state index in [-0.39, 0.29) is 17.9 Å². The van der Waals surface area contributed by atoms with Crippen LogP contribution in [0.25, 0.3) is 0 Å². The Bertz CT molecular complexity index is 807. The smallest absolute Gasteiger partial charge is 0.314 e. The second-order valence-corrected chi connectivity index (χ2v) is 8.26. The molecule has 1 aliphatic heterocycles. The number of urea groups is 1. The molecular formula is C21H26N4O. The third kappa shape index (κ3) is 3.00. The molecule has 26 heavy (non-hydrogen) atoms. The average Bonchev–Trinajstić information content (AvgIpc) is 3.56. The Morgan fingerprint density at radius 2 is 1.81 bits per heavy atom. The van der Waals surface area contributed by atoms with Gasteiger partial charge in [-0.1, -0.05) is 30.3 Å². The van der Waals surface area contributed by atoms with Gasteiger partial charge >= 0.3 is 6.03 Å². The van der Waals surface area contributed by atoms with E-state index >= 15 is 0 Å². The lowest BCUT2D eigenvalue weighted by atomic mass is 9.86. The van der Waals surface area contributed by atoms with Crippen molar-refractivity contribution in [2.75, 3.05) is 13.1 Å². The average molecular weight is 350 g/mol. The number of nitrogens with two attached hydrogens (primary N) is 1. The van der Waals surface area contributed by atoms with Gasteiger partial charge in [0.05, 0.1) is 5.69 Å². The molecule has 2 aliphatic carbocycles. The molecule has 5 heteroatoms. The van der Waals surface area contributed by atoms with Crippen molar-refractivity contribution in [3.05, 3.63) is 53.3 Å². The first-order valence-corrected chi connectivity index (χ1v) is 9.86. The molecule has 3 aliphatic rings. The van der Waals surface area contributed by atoms with Crippen molar-refractivity contribution < 1.29 is 4.79 Å². The third-order valence-corrected chi connectivity index (χ3v) is 6.19. The quantitative estimate of drug-likeness (QED) is 0.898. The lowest BCUT2D eigenvalue weighted by molar-refractivity contribution is 0.217. The molecule has 2 atom stereocenters. The van der Waals surface area contributed by atoms with Gasteiger partial charge in [0.2, 0.25) is 0 Å². The van der Waals surface area contributed by atoms with Gasteiger partial charge in [-0.15, -0.1) is 0 Å². The fourth-order valence-electron chi connectivity index (χ4n) is 4.34. The van der Waals surface area contributed by atoms with Crippen molar-refractivity contribution in [3.63, 3.8) is 0 Å². The first-order chi connectivity index (χ1) is 12.7.